The van der Waals surface area contributed by atoms with Crippen molar-refractivity contribution >= 4 is 5.91 Å². The predicted molar refractivity (Wildman–Crippen MR) is 113 cm³/mol. The molecule has 0 unspecified atom stereocenters. The van der Waals surface area contributed by atoms with Gasteiger partial charge in [0.05, 0.1) is 6.04 Å². The average Bonchev–Trinajstić information content (AvgIpc) is 3.27. The molecule has 2 atom stereocenters. The minimum absolute atomic E-state index is 0.0779. The molecule has 2 aliphatic rings. The minimum Gasteiger partial charge on any atom is -0.508 e. The van der Waals surface area contributed by atoms with Gasteiger partial charge in [0.1, 0.15) is 11.4 Å². The predicted octanol–water partition coefficient (Wildman–Crippen LogP) is 2.91. The summed E-state index contributed by atoms with van der Waals surface area (Å²) >= 11 is 0. The van der Waals surface area contributed by atoms with Gasteiger partial charge in [-0.3, -0.25) is 9.69 Å². The van der Waals surface area contributed by atoms with E-state index >= 15 is 0 Å². The van der Waals surface area contributed by atoms with Gasteiger partial charge in [-0.05, 0) is 62.0 Å². The van der Waals surface area contributed by atoms with Crippen molar-refractivity contribution in [3.8, 4) is 5.75 Å². The first kappa shape index (κ1) is 19.9. The summed E-state index contributed by atoms with van der Waals surface area (Å²) in [6, 6.07) is 16.9. The number of hydrogen-bond donors (Lipinski definition) is 2. The van der Waals surface area contributed by atoms with Gasteiger partial charge < -0.3 is 15.1 Å². The largest absolute Gasteiger partial charge is 0.508 e. The van der Waals surface area contributed by atoms with Crippen LogP contribution in [0.2, 0.25) is 0 Å². The van der Waals surface area contributed by atoms with E-state index in [2.05, 4.69) is 4.90 Å². The molecule has 29 heavy (non-hydrogen) atoms. The summed E-state index contributed by atoms with van der Waals surface area (Å²) in [5.41, 5.74) is 0.990. The summed E-state index contributed by atoms with van der Waals surface area (Å²) in [6.45, 7) is 3.08. The van der Waals surface area contributed by atoms with Crippen molar-refractivity contribution < 1.29 is 15.0 Å². The van der Waals surface area contributed by atoms with E-state index in [9.17, 15) is 15.0 Å². The van der Waals surface area contributed by atoms with Crippen molar-refractivity contribution in [2.45, 2.75) is 43.7 Å². The zero-order valence-corrected chi connectivity index (χ0v) is 16.8. The fourth-order valence-electron chi connectivity index (χ4n) is 4.81. The average molecular weight is 395 g/mol. The van der Waals surface area contributed by atoms with E-state index in [0.29, 0.717) is 32.4 Å². The molecule has 0 aliphatic carbocycles. The first-order valence-electron chi connectivity index (χ1n) is 10.6. The van der Waals surface area contributed by atoms with Crippen LogP contribution < -0.4 is 0 Å². The van der Waals surface area contributed by atoms with Gasteiger partial charge in [0, 0.05) is 19.5 Å². The molecule has 2 fully saturated rings. The van der Waals surface area contributed by atoms with Gasteiger partial charge in [0.15, 0.2) is 0 Å². The summed E-state index contributed by atoms with van der Waals surface area (Å²) in [5.74, 6) is 0.350. The van der Waals surface area contributed by atoms with Crippen molar-refractivity contribution in [3.05, 3.63) is 65.7 Å². The Morgan fingerprint density at radius 1 is 1.03 bits per heavy atom. The Bertz CT molecular complexity index is 835. The van der Waals surface area contributed by atoms with Crippen LogP contribution in [0.1, 0.15) is 36.8 Å². The highest BCUT2D eigenvalue weighted by Crippen LogP contribution is 2.37. The molecule has 4 rings (SSSR count). The van der Waals surface area contributed by atoms with Gasteiger partial charge in [0.2, 0.25) is 5.91 Å². The molecule has 2 aromatic rings. The number of phenolic OH excluding ortho intramolecular Hbond substituents is 1. The van der Waals surface area contributed by atoms with E-state index in [4.69, 9.17) is 0 Å². The zero-order chi connectivity index (χ0) is 20.3. The van der Waals surface area contributed by atoms with Crippen LogP contribution in [0.4, 0.5) is 0 Å². The Balaban J connectivity index is 1.47. The van der Waals surface area contributed by atoms with Crippen LogP contribution in [0.15, 0.2) is 54.6 Å². The fourth-order valence-corrected chi connectivity index (χ4v) is 4.81. The lowest BCUT2D eigenvalue weighted by Gasteiger charge is -2.48. The Morgan fingerprint density at radius 3 is 2.52 bits per heavy atom. The van der Waals surface area contributed by atoms with Gasteiger partial charge in [-0.25, -0.2) is 0 Å². The van der Waals surface area contributed by atoms with Gasteiger partial charge >= 0.3 is 0 Å². The molecule has 2 aliphatic heterocycles. The number of phenols is 1. The molecule has 0 bridgehead atoms. The van der Waals surface area contributed by atoms with Gasteiger partial charge in [0.25, 0.3) is 0 Å². The van der Waals surface area contributed by atoms with E-state index in [1.54, 1.807) is 18.2 Å². The SMILES string of the molecule is O=C(CCc1cccc(O)c1)N1CC[C@](O)(c2ccccc2)[C@H](N2CCCC2)C1. The van der Waals surface area contributed by atoms with Crippen LogP contribution in [0, 0.1) is 0 Å². The van der Waals surface area contributed by atoms with E-state index in [-0.39, 0.29) is 17.7 Å². The molecule has 2 N–H and O–H groups in total. The van der Waals surface area contributed by atoms with E-state index < -0.39 is 5.60 Å². The molecule has 0 spiro atoms. The Hall–Kier alpha value is -2.37. The standard InChI is InChI=1S/C24H30N2O3/c27-21-10-6-7-19(17-21)11-12-23(28)26-16-13-24(29,20-8-2-1-3-9-20)22(18-26)25-14-4-5-15-25/h1-3,6-10,17,22,27,29H,4-5,11-16,18H2/t22-,24+/m1/s1. The van der Waals surface area contributed by atoms with Gasteiger partial charge in [-0.1, -0.05) is 42.5 Å². The van der Waals surface area contributed by atoms with Crippen LogP contribution in [-0.2, 0) is 16.8 Å². The normalized spacial score (nSPS) is 25.3. The lowest BCUT2D eigenvalue weighted by molar-refractivity contribution is -0.143. The summed E-state index contributed by atoms with van der Waals surface area (Å²) < 4.78 is 0. The first-order valence-corrected chi connectivity index (χ1v) is 10.6. The maximum Gasteiger partial charge on any atom is 0.222 e. The maximum absolute atomic E-state index is 12.9. The van der Waals surface area contributed by atoms with Crippen molar-refractivity contribution in [2.24, 2.45) is 0 Å². The van der Waals surface area contributed by atoms with E-state index in [1.807, 2.05) is 41.3 Å². The Labute approximate surface area is 172 Å². The molecule has 0 aromatic heterocycles. The lowest BCUT2D eigenvalue weighted by atomic mass is 9.79. The number of carbonyl (C=O) groups excluding carboxylic acids is 1. The number of benzene rings is 2. The van der Waals surface area contributed by atoms with Crippen molar-refractivity contribution in [1.82, 2.24) is 9.80 Å². The topological polar surface area (TPSA) is 64.0 Å². The lowest BCUT2D eigenvalue weighted by Crippen LogP contribution is -2.61. The molecule has 5 heteroatoms. The maximum atomic E-state index is 12.9. The Kier molecular flexibility index (Phi) is 5.88. The second kappa shape index (κ2) is 8.56. The smallest absolute Gasteiger partial charge is 0.222 e. The number of aryl methyl sites for hydroxylation is 1. The molecule has 2 heterocycles. The minimum atomic E-state index is -0.923. The molecule has 2 saturated heterocycles. The van der Waals surface area contributed by atoms with Crippen molar-refractivity contribution in [3.63, 3.8) is 0 Å². The number of carbonyl (C=O) groups is 1. The monoisotopic (exact) mass is 394 g/mol. The second-order valence-corrected chi connectivity index (χ2v) is 8.31. The van der Waals surface area contributed by atoms with Gasteiger partial charge in [-0.2, -0.15) is 0 Å². The molecular formula is C24H30N2O3. The number of hydrogen-bond acceptors (Lipinski definition) is 4. The summed E-state index contributed by atoms with van der Waals surface area (Å²) in [5, 5.41) is 21.3. The molecular weight excluding hydrogens is 364 g/mol. The van der Waals surface area contributed by atoms with Crippen LogP contribution in [0.3, 0.4) is 0 Å². The summed E-state index contributed by atoms with van der Waals surface area (Å²) in [4.78, 5) is 17.2. The van der Waals surface area contributed by atoms with Crippen molar-refractivity contribution in [1.29, 1.82) is 0 Å². The fraction of sp³-hybridized carbons (Fsp3) is 0.458. The molecule has 5 nitrogen and oxygen atoms in total. The first-order chi connectivity index (χ1) is 14.1. The highest BCUT2D eigenvalue weighted by atomic mass is 16.3. The molecule has 2 aromatic carbocycles. The third-order valence-electron chi connectivity index (χ3n) is 6.45. The van der Waals surface area contributed by atoms with Gasteiger partial charge in [-0.15, -0.1) is 0 Å². The zero-order valence-electron chi connectivity index (χ0n) is 16.8. The van der Waals surface area contributed by atoms with Crippen molar-refractivity contribution in [2.75, 3.05) is 26.2 Å². The number of nitrogens with zero attached hydrogens (tertiary/aromatic N) is 2. The molecule has 1 amide bonds. The third kappa shape index (κ3) is 4.31. The number of amides is 1. The molecule has 0 saturated carbocycles. The van der Waals surface area contributed by atoms with Crippen LogP contribution in [-0.4, -0.2) is 58.1 Å². The Morgan fingerprint density at radius 2 is 1.79 bits per heavy atom. The highest BCUT2D eigenvalue weighted by molar-refractivity contribution is 5.76. The number of likely N-dealkylation sites (tertiary alicyclic amines) is 2. The molecule has 0 radical (unpaired) electrons. The third-order valence-corrected chi connectivity index (χ3v) is 6.45. The summed E-state index contributed by atoms with van der Waals surface area (Å²) in [6.07, 6.45) is 3.87. The summed E-state index contributed by atoms with van der Waals surface area (Å²) in [7, 11) is 0. The number of piperidine rings is 1. The van der Waals surface area contributed by atoms with E-state index in [1.165, 1.54) is 0 Å². The molecule has 154 valence electrons. The second-order valence-electron chi connectivity index (χ2n) is 8.31. The number of aromatic hydroxyl groups is 1. The van der Waals surface area contributed by atoms with E-state index in [0.717, 1.165) is 37.1 Å². The number of rotatable bonds is 5. The van der Waals surface area contributed by atoms with Crippen LogP contribution in [0.5, 0.6) is 5.75 Å². The van der Waals surface area contributed by atoms with Crippen LogP contribution >= 0.6 is 0 Å². The van der Waals surface area contributed by atoms with Crippen LogP contribution in [0.25, 0.3) is 0 Å². The highest BCUT2D eigenvalue weighted by Gasteiger charge is 2.47. The quantitative estimate of drug-likeness (QED) is 0.819. The number of aliphatic hydroxyl groups is 1.